The number of nitrogens with zero attached hydrogens (tertiary/aromatic N) is 1. The zero-order valence-electron chi connectivity index (χ0n) is 9.52. The Morgan fingerprint density at radius 1 is 1.40 bits per heavy atom. The topological polar surface area (TPSA) is 3.24 Å². The van der Waals surface area contributed by atoms with Crippen LogP contribution in [0.2, 0.25) is 5.02 Å². The molecule has 1 aliphatic heterocycles. The third kappa shape index (κ3) is 2.19. The highest BCUT2D eigenvalue weighted by Crippen LogP contribution is 2.29. The van der Waals surface area contributed by atoms with Gasteiger partial charge >= 0.3 is 0 Å². The van der Waals surface area contributed by atoms with Crippen molar-refractivity contribution in [2.75, 3.05) is 13.6 Å². The normalized spacial score (nSPS) is 16.5. The van der Waals surface area contributed by atoms with E-state index in [1.54, 1.807) is 0 Å². The number of rotatable bonds is 2. The minimum atomic E-state index is 1.03. The van der Waals surface area contributed by atoms with Gasteiger partial charge in [0, 0.05) is 18.1 Å². The van der Waals surface area contributed by atoms with E-state index in [-0.39, 0.29) is 0 Å². The number of likely N-dealkylation sites (N-methyl/N-ethyl adjacent to an activating group) is 1. The zero-order chi connectivity index (χ0) is 10.8. The maximum absolute atomic E-state index is 6.43. The van der Waals surface area contributed by atoms with Crippen LogP contribution in [0.25, 0.3) is 0 Å². The molecule has 1 nitrogen and oxygen atoms in total. The molecule has 0 N–H and O–H groups in total. The van der Waals surface area contributed by atoms with Crippen LogP contribution in [0.5, 0.6) is 0 Å². The van der Waals surface area contributed by atoms with Gasteiger partial charge in [0.15, 0.2) is 0 Å². The first kappa shape index (κ1) is 11.0. The second-order valence-corrected chi connectivity index (χ2v) is 4.79. The first-order valence-corrected chi connectivity index (χ1v) is 6.08. The van der Waals surface area contributed by atoms with Gasteiger partial charge in [0.2, 0.25) is 0 Å². The zero-order valence-corrected chi connectivity index (χ0v) is 10.3. The largest absolute Gasteiger partial charge is 0.302 e. The molecule has 0 fully saturated rings. The molecule has 0 unspecified atom stereocenters. The van der Waals surface area contributed by atoms with E-state index >= 15 is 0 Å². The van der Waals surface area contributed by atoms with Gasteiger partial charge in [0.05, 0.1) is 0 Å². The van der Waals surface area contributed by atoms with Crippen LogP contribution in [-0.4, -0.2) is 18.5 Å². The van der Waals surface area contributed by atoms with Gasteiger partial charge < -0.3 is 4.90 Å². The molecule has 0 atom stereocenters. The summed E-state index contributed by atoms with van der Waals surface area (Å²) in [6.45, 7) is 4.37. The Hall–Kier alpha value is -0.530. The summed E-state index contributed by atoms with van der Waals surface area (Å²) >= 11 is 6.43. The van der Waals surface area contributed by atoms with Gasteiger partial charge in [-0.3, -0.25) is 0 Å². The summed E-state index contributed by atoms with van der Waals surface area (Å²) in [6.07, 6.45) is 3.36. The molecule has 1 heterocycles. The summed E-state index contributed by atoms with van der Waals surface area (Å²) in [4.78, 5) is 2.35. The molecular formula is C13H18ClN. The van der Waals surface area contributed by atoms with Crippen molar-refractivity contribution in [3.63, 3.8) is 0 Å². The molecule has 1 aromatic rings. The van der Waals surface area contributed by atoms with Crippen molar-refractivity contribution in [1.29, 1.82) is 0 Å². The fraction of sp³-hybridized carbons (Fsp3) is 0.538. The Morgan fingerprint density at radius 3 is 2.93 bits per heavy atom. The van der Waals surface area contributed by atoms with Crippen LogP contribution in [0.1, 0.15) is 30.0 Å². The van der Waals surface area contributed by atoms with Gasteiger partial charge in [-0.25, -0.2) is 0 Å². The summed E-state index contributed by atoms with van der Waals surface area (Å²) in [7, 11) is 2.16. The van der Waals surface area contributed by atoms with Gasteiger partial charge in [-0.1, -0.05) is 37.1 Å². The van der Waals surface area contributed by atoms with E-state index < -0.39 is 0 Å². The Morgan fingerprint density at radius 2 is 2.20 bits per heavy atom. The maximum Gasteiger partial charge on any atom is 0.0473 e. The lowest BCUT2D eigenvalue weighted by Crippen LogP contribution is -2.26. The van der Waals surface area contributed by atoms with E-state index in [1.807, 2.05) is 0 Å². The molecule has 0 aliphatic carbocycles. The van der Waals surface area contributed by atoms with E-state index in [0.29, 0.717) is 0 Å². The summed E-state index contributed by atoms with van der Waals surface area (Å²) in [6, 6.07) is 4.45. The lowest BCUT2D eigenvalue weighted by molar-refractivity contribution is 0.313. The molecule has 15 heavy (non-hydrogen) atoms. The first-order valence-electron chi connectivity index (χ1n) is 5.70. The lowest BCUT2D eigenvalue weighted by atomic mass is 9.96. The second kappa shape index (κ2) is 4.54. The molecule has 0 bridgehead atoms. The van der Waals surface area contributed by atoms with E-state index in [2.05, 4.69) is 31.0 Å². The number of hydrogen-bond acceptors (Lipinski definition) is 1. The fourth-order valence-electron chi connectivity index (χ4n) is 2.26. The maximum atomic E-state index is 6.43. The van der Waals surface area contributed by atoms with Gasteiger partial charge in [0.1, 0.15) is 0 Å². The van der Waals surface area contributed by atoms with Crippen LogP contribution >= 0.6 is 11.6 Å². The molecule has 0 spiro atoms. The Kier molecular flexibility index (Phi) is 3.32. The lowest BCUT2D eigenvalue weighted by Gasteiger charge is -2.26. The Balaban J connectivity index is 2.35. The van der Waals surface area contributed by atoms with E-state index in [1.165, 1.54) is 23.1 Å². The molecule has 82 valence electrons. The third-order valence-electron chi connectivity index (χ3n) is 3.12. The molecule has 0 saturated carbocycles. The van der Waals surface area contributed by atoms with Crippen molar-refractivity contribution in [3.05, 3.63) is 33.8 Å². The Bertz CT molecular complexity index is 360. The van der Waals surface area contributed by atoms with Crippen molar-refractivity contribution < 1.29 is 0 Å². The molecule has 0 amide bonds. The monoisotopic (exact) mass is 223 g/mol. The van der Waals surface area contributed by atoms with E-state index in [9.17, 15) is 0 Å². The molecular weight excluding hydrogens is 206 g/mol. The number of halogens is 1. The van der Waals surface area contributed by atoms with Gasteiger partial charge in [-0.15, -0.1) is 0 Å². The molecule has 0 saturated heterocycles. The fourth-order valence-corrected chi connectivity index (χ4v) is 2.64. The van der Waals surface area contributed by atoms with Crippen LogP contribution in [-0.2, 0) is 19.4 Å². The average molecular weight is 224 g/mol. The van der Waals surface area contributed by atoms with Crippen LogP contribution in [0.3, 0.4) is 0 Å². The third-order valence-corrected chi connectivity index (χ3v) is 3.59. The van der Waals surface area contributed by atoms with Crippen LogP contribution in [0.15, 0.2) is 12.1 Å². The highest BCUT2D eigenvalue weighted by Gasteiger charge is 2.17. The quantitative estimate of drug-likeness (QED) is 0.744. The van der Waals surface area contributed by atoms with Crippen molar-refractivity contribution in [2.45, 2.75) is 32.7 Å². The highest BCUT2D eigenvalue weighted by molar-refractivity contribution is 6.32. The van der Waals surface area contributed by atoms with E-state index in [0.717, 1.165) is 31.0 Å². The van der Waals surface area contributed by atoms with Crippen LogP contribution < -0.4 is 0 Å². The van der Waals surface area contributed by atoms with Gasteiger partial charge in [0.25, 0.3) is 0 Å². The number of benzene rings is 1. The van der Waals surface area contributed by atoms with Gasteiger partial charge in [-0.2, -0.15) is 0 Å². The first-order chi connectivity index (χ1) is 7.22. The van der Waals surface area contributed by atoms with Gasteiger partial charge in [-0.05, 0) is 36.6 Å². The highest BCUT2D eigenvalue weighted by atomic mass is 35.5. The van der Waals surface area contributed by atoms with Crippen molar-refractivity contribution in [3.8, 4) is 0 Å². The standard InChI is InChI=1S/C13H18ClN/c1-3-4-10-5-6-11-9-15(2)8-7-12(11)13(10)14/h5-6H,3-4,7-9H2,1-2H3. The van der Waals surface area contributed by atoms with Crippen molar-refractivity contribution in [1.82, 2.24) is 4.90 Å². The number of aryl methyl sites for hydroxylation is 1. The molecule has 0 radical (unpaired) electrons. The summed E-state index contributed by atoms with van der Waals surface area (Å²) in [5.74, 6) is 0. The average Bonchev–Trinajstić information content (AvgIpc) is 2.22. The predicted molar refractivity (Wildman–Crippen MR) is 65.5 cm³/mol. The summed E-state index contributed by atoms with van der Waals surface area (Å²) < 4.78 is 0. The van der Waals surface area contributed by atoms with Crippen LogP contribution in [0, 0.1) is 0 Å². The number of hydrogen-bond donors (Lipinski definition) is 0. The SMILES string of the molecule is CCCc1ccc2c(c1Cl)CCN(C)C2. The molecule has 1 aliphatic rings. The van der Waals surface area contributed by atoms with Crippen molar-refractivity contribution in [2.24, 2.45) is 0 Å². The summed E-state index contributed by atoms with van der Waals surface area (Å²) in [5, 5.41) is 1.03. The molecule has 2 rings (SSSR count). The van der Waals surface area contributed by atoms with E-state index in [4.69, 9.17) is 11.6 Å². The molecule has 2 heteroatoms. The number of fused-ring (bicyclic) bond motifs is 1. The minimum Gasteiger partial charge on any atom is -0.302 e. The summed E-state index contributed by atoms with van der Waals surface area (Å²) in [5.41, 5.74) is 4.12. The Labute approximate surface area is 97.0 Å². The second-order valence-electron chi connectivity index (χ2n) is 4.41. The molecule has 0 aromatic heterocycles. The van der Waals surface area contributed by atoms with Crippen molar-refractivity contribution >= 4 is 11.6 Å². The van der Waals surface area contributed by atoms with Crippen LogP contribution in [0.4, 0.5) is 0 Å². The smallest absolute Gasteiger partial charge is 0.0473 e. The molecule has 1 aromatic carbocycles. The predicted octanol–water partition coefficient (Wildman–Crippen LogP) is 3.28. The minimum absolute atomic E-state index is 1.03.